The molecule has 0 aliphatic carbocycles. The van der Waals surface area contributed by atoms with Crippen molar-refractivity contribution in [1.82, 2.24) is 9.78 Å². The summed E-state index contributed by atoms with van der Waals surface area (Å²) < 4.78 is 1.12. The third-order valence-corrected chi connectivity index (χ3v) is 4.58. The molecule has 8 nitrogen and oxygen atoms in total. The van der Waals surface area contributed by atoms with Crippen LogP contribution >= 0.6 is 11.3 Å². The normalized spacial score (nSPS) is 11.7. The van der Waals surface area contributed by atoms with Crippen molar-refractivity contribution < 1.29 is 9.72 Å². The highest BCUT2D eigenvalue weighted by molar-refractivity contribution is 7.13. The van der Waals surface area contributed by atoms with Gasteiger partial charge in [-0.15, -0.1) is 11.3 Å². The lowest BCUT2D eigenvalue weighted by molar-refractivity contribution is -0.384. The van der Waals surface area contributed by atoms with Gasteiger partial charge >= 0.3 is 0 Å². The van der Waals surface area contributed by atoms with Gasteiger partial charge in [0, 0.05) is 23.9 Å². The lowest BCUT2D eigenvalue weighted by Gasteiger charge is -2.14. The highest BCUT2D eigenvalue weighted by Crippen LogP contribution is 2.22. The minimum Gasteiger partial charge on any atom is -0.324 e. The molecule has 3 rings (SSSR count). The van der Waals surface area contributed by atoms with Gasteiger partial charge < -0.3 is 5.32 Å². The summed E-state index contributed by atoms with van der Waals surface area (Å²) in [4.78, 5) is 35.6. The van der Waals surface area contributed by atoms with E-state index in [1.807, 2.05) is 17.5 Å². The van der Waals surface area contributed by atoms with Crippen LogP contribution in [0.1, 0.15) is 13.0 Å². The molecule has 1 atom stereocenters. The van der Waals surface area contributed by atoms with Gasteiger partial charge in [0.2, 0.25) is 5.91 Å². The highest BCUT2D eigenvalue weighted by Gasteiger charge is 2.19. The van der Waals surface area contributed by atoms with Crippen LogP contribution in [0.25, 0.3) is 10.6 Å². The second-order valence-electron chi connectivity index (χ2n) is 5.45. The molecule has 0 bridgehead atoms. The second-order valence-corrected chi connectivity index (χ2v) is 6.40. The van der Waals surface area contributed by atoms with E-state index in [1.54, 1.807) is 13.0 Å². The van der Waals surface area contributed by atoms with E-state index in [9.17, 15) is 19.7 Å². The van der Waals surface area contributed by atoms with Crippen molar-refractivity contribution in [2.24, 2.45) is 0 Å². The van der Waals surface area contributed by atoms with Gasteiger partial charge in [0.1, 0.15) is 11.7 Å². The first-order chi connectivity index (χ1) is 12.5. The van der Waals surface area contributed by atoms with Crippen molar-refractivity contribution in [2.45, 2.75) is 13.0 Å². The number of nitro groups is 1. The molecule has 1 amide bonds. The molecule has 0 fully saturated rings. The van der Waals surface area contributed by atoms with E-state index < -0.39 is 22.4 Å². The number of carbonyl (C=O) groups is 1. The van der Waals surface area contributed by atoms with Gasteiger partial charge in [-0.25, -0.2) is 4.68 Å². The number of thiophene rings is 1. The van der Waals surface area contributed by atoms with Gasteiger partial charge in [-0.1, -0.05) is 6.07 Å². The largest absolute Gasteiger partial charge is 0.324 e. The highest BCUT2D eigenvalue weighted by atomic mass is 32.1. The third kappa shape index (κ3) is 3.67. The average molecular weight is 370 g/mol. The van der Waals surface area contributed by atoms with Crippen molar-refractivity contribution in [3.63, 3.8) is 0 Å². The molecule has 132 valence electrons. The quantitative estimate of drug-likeness (QED) is 0.548. The van der Waals surface area contributed by atoms with Crippen LogP contribution in [-0.2, 0) is 4.79 Å². The zero-order chi connectivity index (χ0) is 18.7. The molecule has 9 heteroatoms. The molecule has 0 spiro atoms. The predicted octanol–water partition coefficient (Wildman–Crippen LogP) is 3.08. The molecule has 0 saturated heterocycles. The second kappa shape index (κ2) is 7.28. The number of benzene rings is 1. The fourth-order valence-corrected chi connectivity index (χ4v) is 2.97. The molecule has 0 aliphatic rings. The lowest BCUT2D eigenvalue weighted by atomic mass is 10.2. The maximum absolute atomic E-state index is 12.4. The average Bonchev–Trinajstić information content (AvgIpc) is 3.16. The van der Waals surface area contributed by atoms with E-state index in [4.69, 9.17) is 0 Å². The Kier molecular flexibility index (Phi) is 4.90. The van der Waals surface area contributed by atoms with Gasteiger partial charge in [-0.3, -0.25) is 19.7 Å². The van der Waals surface area contributed by atoms with Crippen LogP contribution in [0, 0.1) is 10.1 Å². The van der Waals surface area contributed by atoms with Crippen molar-refractivity contribution in [3.8, 4) is 10.6 Å². The van der Waals surface area contributed by atoms with Crippen LogP contribution in [0.15, 0.2) is 58.7 Å². The van der Waals surface area contributed by atoms with E-state index in [2.05, 4.69) is 10.4 Å². The van der Waals surface area contributed by atoms with E-state index in [-0.39, 0.29) is 5.69 Å². The van der Waals surface area contributed by atoms with Crippen molar-refractivity contribution in [2.75, 3.05) is 5.32 Å². The Balaban J connectivity index is 1.81. The molecule has 1 aromatic carbocycles. The molecule has 3 aromatic rings. The Morgan fingerprint density at radius 2 is 1.96 bits per heavy atom. The standard InChI is InChI=1S/C17H14N4O4S/c1-11(17(23)18-12-4-6-13(7-5-12)21(24)25)20-16(22)9-8-14(19-20)15-3-2-10-26-15/h2-11H,1H3,(H,18,23). The molecule has 1 unspecified atom stereocenters. The zero-order valence-electron chi connectivity index (χ0n) is 13.7. The molecular weight excluding hydrogens is 356 g/mol. The number of nitro benzene ring substituents is 1. The monoisotopic (exact) mass is 370 g/mol. The Bertz CT molecular complexity index is 996. The first kappa shape index (κ1) is 17.5. The fourth-order valence-electron chi connectivity index (χ4n) is 2.28. The Labute approximate surface area is 151 Å². The number of aromatic nitrogens is 2. The van der Waals surface area contributed by atoms with Crippen LogP contribution in [0.4, 0.5) is 11.4 Å². The maximum Gasteiger partial charge on any atom is 0.269 e. The summed E-state index contributed by atoms with van der Waals surface area (Å²) in [6.45, 7) is 1.56. The Hall–Kier alpha value is -3.33. The van der Waals surface area contributed by atoms with Crippen LogP contribution in [-0.4, -0.2) is 20.6 Å². The zero-order valence-corrected chi connectivity index (χ0v) is 14.5. The molecule has 2 heterocycles. The number of anilines is 1. The predicted molar refractivity (Wildman–Crippen MR) is 98.2 cm³/mol. The minimum absolute atomic E-state index is 0.0717. The first-order valence-corrected chi connectivity index (χ1v) is 8.53. The van der Waals surface area contributed by atoms with Gasteiger partial charge in [-0.2, -0.15) is 5.10 Å². The van der Waals surface area contributed by atoms with Crippen molar-refractivity contribution >= 4 is 28.6 Å². The molecule has 0 radical (unpaired) electrons. The molecule has 1 N–H and O–H groups in total. The molecule has 26 heavy (non-hydrogen) atoms. The van der Waals surface area contributed by atoms with Gasteiger partial charge in [-0.05, 0) is 36.6 Å². The van der Waals surface area contributed by atoms with Crippen molar-refractivity contribution in [1.29, 1.82) is 0 Å². The van der Waals surface area contributed by atoms with Crippen molar-refractivity contribution in [3.05, 3.63) is 74.4 Å². The van der Waals surface area contributed by atoms with Gasteiger partial charge in [0.25, 0.3) is 11.2 Å². The third-order valence-electron chi connectivity index (χ3n) is 3.69. The lowest BCUT2D eigenvalue weighted by Crippen LogP contribution is -2.33. The number of hydrogen-bond acceptors (Lipinski definition) is 6. The van der Waals surface area contributed by atoms with Crippen LogP contribution in [0.3, 0.4) is 0 Å². The number of carbonyl (C=O) groups excluding carboxylic acids is 1. The van der Waals surface area contributed by atoms with E-state index >= 15 is 0 Å². The summed E-state index contributed by atoms with van der Waals surface area (Å²) >= 11 is 1.48. The fraction of sp³-hybridized carbons (Fsp3) is 0.118. The number of rotatable bonds is 5. The minimum atomic E-state index is -0.849. The number of nitrogens with one attached hydrogen (secondary N) is 1. The Morgan fingerprint density at radius 3 is 2.58 bits per heavy atom. The smallest absolute Gasteiger partial charge is 0.269 e. The van der Waals surface area contributed by atoms with E-state index in [1.165, 1.54) is 41.7 Å². The first-order valence-electron chi connectivity index (χ1n) is 7.65. The summed E-state index contributed by atoms with van der Waals surface area (Å²) in [5.74, 6) is -0.447. The maximum atomic E-state index is 12.4. The Morgan fingerprint density at radius 1 is 1.23 bits per heavy atom. The molecule has 2 aromatic heterocycles. The van der Waals surface area contributed by atoms with Gasteiger partial charge in [0.15, 0.2) is 0 Å². The number of amides is 1. The summed E-state index contributed by atoms with van der Waals surface area (Å²) in [6, 6.07) is 11.3. The summed E-state index contributed by atoms with van der Waals surface area (Å²) in [5, 5.41) is 19.5. The summed E-state index contributed by atoms with van der Waals surface area (Å²) in [7, 11) is 0. The van der Waals surface area contributed by atoms with Crippen LogP contribution < -0.4 is 10.9 Å². The van der Waals surface area contributed by atoms with Crippen LogP contribution in [0.2, 0.25) is 0 Å². The summed E-state index contributed by atoms with van der Waals surface area (Å²) in [5.41, 5.74) is 0.540. The molecular formula is C17H14N4O4S. The number of hydrogen-bond donors (Lipinski definition) is 1. The molecule has 0 aliphatic heterocycles. The molecule has 0 saturated carbocycles. The SMILES string of the molecule is CC(C(=O)Nc1ccc([N+](=O)[O-])cc1)n1nc(-c2cccs2)ccc1=O. The summed E-state index contributed by atoms with van der Waals surface area (Å²) in [6.07, 6.45) is 0. The van der Waals surface area contributed by atoms with Gasteiger partial charge in [0.05, 0.1) is 9.80 Å². The topological polar surface area (TPSA) is 107 Å². The van der Waals surface area contributed by atoms with E-state index in [0.29, 0.717) is 11.4 Å². The van der Waals surface area contributed by atoms with Crippen LogP contribution in [0.5, 0.6) is 0 Å². The van der Waals surface area contributed by atoms with E-state index in [0.717, 1.165) is 9.56 Å². The number of non-ortho nitro benzene ring substituents is 1. The number of nitrogens with zero attached hydrogens (tertiary/aromatic N) is 3.